The molecule has 0 saturated heterocycles. The molecule has 16 heavy (non-hydrogen) atoms. The van der Waals surface area contributed by atoms with E-state index in [9.17, 15) is 0 Å². The number of aromatic nitrogens is 1. The van der Waals surface area contributed by atoms with Crippen LogP contribution in [0.3, 0.4) is 0 Å². The zero-order chi connectivity index (χ0) is 12.0. The Morgan fingerprint density at radius 2 is 2.06 bits per heavy atom. The molecule has 1 heterocycles. The van der Waals surface area contributed by atoms with Crippen molar-refractivity contribution < 1.29 is 0 Å². The number of hydrogen-bond acceptors (Lipinski definition) is 1. The lowest BCUT2D eigenvalue weighted by Crippen LogP contribution is -1.88. The first kappa shape index (κ1) is 12.2. The summed E-state index contributed by atoms with van der Waals surface area (Å²) in [5, 5.41) is 0. The van der Waals surface area contributed by atoms with Gasteiger partial charge in [-0.3, -0.25) is 4.98 Å². The van der Waals surface area contributed by atoms with Gasteiger partial charge in [-0.1, -0.05) is 43.0 Å². The standard InChI is InChI=1S/C15H17N/c1-5-6-7-8-13(4)15-11-14(12(2)3)9-10-16-15/h5-11H,2,4H2,1,3H3/b6-5-,8-7-. The van der Waals surface area contributed by atoms with E-state index in [1.54, 1.807) is 6.20 Å². The molecule has 0 fully saturated rings. The second kappa shape index (κ2) is 5.86. The Morgan fingerprint density at radius 3 is 2.69 bits per heavy atom. The van der Waals surface area contributed by atoms with Gasteiger partial charge < -0.3 is 0 Å². The van der Waals surface area contributed by atoms with Crippen molar-refractivity contribution >= 4 is 11.1 Å². The molecule has 0 N–H and O–H groups in total. The quantitative estimate of drug-likeness (QED) is 0.678. The number of hydrogen-bond donors (Lipinski definition) is 0. The number of pyridine rings is 1. The summed E-state index contributed by atoms with van der Waals surface area (Å²) in [5.41, 5.74) is 3.93. The van der Waals surface area contributed by atoms with Gasteiger partial charge in [-0.05, 0) is 37.1 Å². The van der Waals surface area contributed by atoms with Crippen molar-refractivity contribution in [3.05, 3.63) is 67.0 Å². The Hall–Kier alpha value is -1.89. The number of rotatable bonds is 4. The van der Waals surface area contributed by atoms with Gasteiger partial charge in [0.15, 0.2) is 0 Å². The number of allylic oxidation sites excluding steroid dienone is 6. The van der Waals surface area contributed by atoms with Crippen molar-refractivity contribution in [2.45, 2.75) is 13.8 Å². The zero-order valence-electron chi connectivity index (χ0n) is 9.90. The Kier molecular flexibility index (Phi) is 4.46. The lowest BCUT2D eigenvalue weighted by molar-refractivity contribution is 1.27. The van der Waals surface area contributed by atoms with Crippen LogP contribution in [0.5, 0.6) is 0 Å². The van der Waals surface area contributed by atoms with E-state index in [0.29, 0.717) is 0 Å². The highest BCUT2D eigenvalue weighted by Gasteiger charge is 1.99. The van der Waals surface area contributed by atoms with Gasteiger partial charge >= 0.3 is 0 Å². The molecule has 0 unspecified atom stereocenters. The highest BCUT2D eigenvalue weighted by Crippen LogP contribution is 2.16. The molecule has 0 radical (unpaired) electrons. The van der Waals surface area contributed by atoms with Crippen molar-refractivity contribution in [1.29, 1.82) is 0 Å². The van der Waals surface area contributed by atoms with Crippen LogP contribution in [0.2, 0.25) is 0 Å². The van der Waals surface area contributed by atoms with Crippen LogP contribution in [0.15, 0.2) is 55.8 Å². The van der Waals surface area contributed by atoms with Crippen LogP contribution in [0.4, 0.5) is 0 Å². The van der Waals surface area contributed by atoms with Gasteiger partial charge in [0.1, 0.15) is 0 Å². The molecule has 0 aromatic carbocycles. The van der Waals surface area contributed by atoms with E-state index in [2.05, 4.69) is 18.1 Å². The van der Waals surface area contributed by atoms with E-state index in [0.717, 1.165) is 22.4 Å². The maximum atomic E-state index is 4.28. The predicted octanol–water partition coefficient (Wildman–Crippen LogP) is 4.26. The molecule has 1 nitrogen and oxygen atoms in total. The zero-order valence-corrected chi connectivity index (χ0v) is 9.90. The van der Waals surface area contributed by atoms with E-state index in [1.165, 1.54) is 0 Å². The molecule has 1 aromatic heterocycles. The van der Waals surface area contributed by atoms with Crippen LogP contribution >= 0.6 is 0 Å². The van der Waals surface area contributed by atoms with E-state index >= 15 is 0 Å². The second-order valence-electron chi connectivity index (χ2n) is 3.62. The average molecular weight is 211 g/mol. The first-order valence-electron chi connectivity index (χ1n) is 5.25. The molecule has 0 aliphatic carbocycles. The van der Waals surface area contributed by atoms with Crippen molar-refractivity contribution in [1.82, 2.24) is 4.98 Å². The third-order valence-electron chi connectivity index (χ3n) is 2.18. The first-order valence-corrected chi connectivity index (χ1v) is 5.25. The monoisotopic (exact) mass is 211 g/mol. The predicted molar refractivity (Wildman–Crippen MR) is 71.9 cm³/mol. The molecular formula is C15H17N. The fraction of sp³-hybridized carbons (Fsp3) is 0.133. The maximum absolute atomic E-state index is 4.28. The summed E-state index contributed by atoms with van der Waals surface area (Å²) in [5.74, 6) is 0. The molecule has 0 amide bonds. The molecule has 1 heteroatoms. The lowest BCUT2D eigenvalue weighted by Gasteiger charge is -2.03. The topological polar surface area (TPSA) is 12.9 Å². The smallest absolute Gasteiger partial charge is 0.0702 e. The van der Waals surface area contributed by atoms with Gasteiger partial charge in [-0.2, -0.15) is 0 Å². The summed E-state index contributed by atoms with van der Waals surface area (Å²) in [4.78, 5) is 4.28. The second-order valence-corrected chi connectivity index (χ2v) is 3.62. The third kappa shape index (κ3) is 3.35. The summed E-state index contributed by atoms with van der Waals surface area (Å²) < 4.78 is 0. The Morgan fingerprint density at radius 1 is 1.31 bits per heavy atom. The lowest BCUT2D eigenvalue weighted by atomic mass is 10.1. The number of nitrogens with zero attached hydrogens (tertiary/aromatic N) is 1. The molecule has 0 saturated carbocycles. The highest BCUT2D eigenvalue weighted by atomic mass is 14.7. The van der Waals surface area contributed by atoms with E-state index in [1.807, 2.05) is 50.3 Å². The van der Waals surface area contributed by atoms with Crippen molar-refractivity contribution in [3.63, 3.8) is 0 Å². The fourth-order valence-electron chi connectivity index (χ4n) is 1.24. The molecule has 0 aliphatic rings. The summed E-state index contributed by atoms with van der Waals surface area (Å²) in [6, 6.07) is 3.96. The van der Waals surface area contributed by atoms with E-state index in [4.69, 9.17) is 0 Å². The maximum Gasteiger partial charge on any atom is 0.0702 e. The van der Waals surface area contributed by atoms with Gasteiger partial charge in [0.2, 0.25) is 0 Å². The largest absolute Gasteiger partial charge is 0.256 e. The summed E-state index contributed by atoms with van der Waals surface area (Å²) >= 11 is 0. The van der Waals surface area contributed by atoms with E-state index < -0.39 is 0 Å². The Labute approximate surface area is 97.5 Å². The molecule has 0 spiro atoms. The van der Waals surface area contributed by atoms with Crippen molar-refractivity contribution in [2.75, 3.05) is 0 Å². The van der Waals surface area contributed by atoms with Gasteiger partial charge in [0.25, 0.3) is 0 Å². The molecule has 0 aliphatic heterocycles. The van der Waals surface area contributed by atoms with Crippen molar-refractivity contribution in [3.8, 4) is 0 Å². The van der Waals surface area contributed by atoms with Gasteiger partial charge in [0, 0.05) is 6.20 Å². The third-order valence-corrected chi connectivity index (χ3v) is 2.18. The van der Waals surface area contributed by atoms with E-state index in [-0.39, 0.29) is 0 Å². The summed E-state index contributed by atoms with van der Waals surface area (Å²) in [6.45, 7) is 11.9. The van der Waals surface area contributed by atoms with Crippen LogP contribution in [0.25, 0.3) is 11.1 Å². The SMILES string of the molecule is C=C(C)c1ccnc(C(=C)/C=C\C=C/C)c1. The average Bonchev–Trinajstić information content (AvgIpc) is 2.29. The Balaban J connectivity index is 2.92. The molecule has 0 atom stereocenters. The molecule has 0 bridgehead atoms. The van der Waals surface area contributed by atoms with Gasteiger partial charge in [-0.15, -0.1) is 0 Å². The van der Waals surface area contributed by atoms with Crippen molar-refractivity contribution in [2.24, 2.45) is 0 Å². The summed E-state index contributed by atoms with van der Waals surface area (Å²) in [6.07, 6.45) is 9.63. The Bertz CT molecular complexity index is 450. The molecular weight excluding hydrogens is 194 g/mol. The molecule has 82 valence electrons. The summed E-state index contributed by atoms with van der Waals surface area (Å²) in [7, 11) is 0. The fourth-order valence-corrected chi connectivity index (χ4v) is 1.24. The van der Waals surface area contributed by atoms with Gasteiger partial charge in [-0.25, -0.2) is 0 Å². The molecule has 1 rings (SSSR count). The minimum Gasteiger partial charge on any atom is -0.256 e. The normalized spacial score (nSPS) is 11.1. The minimum atomic E-state index is 0.890. The minimum absolute atomic E-state index is 0.890. The molecule has 1 aromatic rings. The van der Waals surface area contributed by atoms with Crippen LogP contribution in [-0.4, -0.2) is 4.98 Å². The van der Waals surface area contributed by atoms with Crippen LogP contribution < -0.4 is 0 Å². The van der Waals surface area contributed by atoms with Crippen LogP contribution in [-0.2, 0) is 0 Å². The van der Waals surface area contributed by atoms with Crippen LogP contribution in [0, 0.1) is 0 Å². The highest BCUT2D eigenvalue weighted by molar-refractivity contribution is 5.72. The van der Waals surface area contributed by atoms with Crippen LogP contribution in [0.1, 0.15) is 25.1 Å². The van der Waals surface area contributed by atoms with Gasteiger partial charge in [0.05, 0.1) is 5.69 Å². The first-order chi connectivity index (χ1) is 7.65.